The Balaban J connectivity index is 1.65. The number of piperidine rings is 1. The maximum Gasteiger partial charge on any atom is 0.304 e. The minimum Gasteiger partial charge on any atom is -0.481 e. The highest BCUT2D eigenvalue weighted by Gasteiger charge is 2.47. The van der Waals surface area contributed by atoms with E-state index in [4.69, 9.17) is 23.2 Å². The molecule has 1 heterocycles. The average molecular weight is 568 g/mol. The monoisotopic (exact) mass is 566 g/mol. The van der Waals surface area contributed by atoms with Crippen LogP contribution in [0.15, 0.2) is 48.5 Å². The number of sulfonamides is 1. The fourth-order valence-corrected chi connectivity index (χ4v) is 7.26. The van der Waals surface area contributed by atoms with E-state index in [1.54, 1.807) is 25.1 Å². The van der Waals surface area contributed by atoms with Crippen LogP contribution in [-0.2, 0) is 19.6 Å². The zero-order chi connectivity index (χ0) is 27.0. The van der Waals surface area contributed by atoms with Crippen molar-refractivity contribution in [3.8, 4) is 0 Å². The number of nitrogens with one attached hydrogen (secondary N) is 2. The molecule has 2 aromatic rings. The minimum atomic E-state index is -3.49. The smallest absolute Gasteiger partial charge is 0.304 e. The summed E-state index contributed by atoms with van der Waals surface area (Å²) in [5.41, 5.74) is 0.609. The first kappa shape index (κ1) is 27.9. The molecule has 2 aliphatic rings. The number of carbonyl (C=O) groups is 2. The van der Waals surface area contributed by atoms with Gasteiger partial charge in [-0.15, -0.1) is 0 Å². The summed E-state index contributed by atoms with van der Waals surface area (Å²) >= 11 is 12.4. The van der Waals surface area contributed by atoms with Gasteiger partial charge >= 0.3 is 5.97 Å². The SMILES string of the molecule is CC(CC(NS(=O)(=O)C1CC1)c1ccc(Cl)cc1)C1NC(=O)C(C)(CC(=O)O)CC1c1cccc(Cl)c1. The number of halogens is 2. The summed E-state index contributed by atoms with van der Waals surface area (Å²) in [5, 5.41) is 13.3. The van der Waals surface area contributed by atoms with Gasteiger partial charge in [0.15, 0.2) is 0 Å². The van der Waals surface area contributed by atoms with Crippen LogP contribution < -0.4 is 10.0 Å². The largest absolute Gasteiger partial charge is 0.481 e. The second-order valence-corrected chi connectivity index (χ2v) is 13.5. The van der Waals surface area contributed by atoms with Crippen molar-refractivity contribution in [3.63, 3.8) is 0 Å². The molecule has 0 bridgehead atoms. The molecular weight excluding hydrogens is 535 g/mol. The van der Waals surface area contributed by atoms with Crippen molar-refractivity contribution in [1.29, 1.82) is 0 Å². The van der Waals surface area contributed by atoms with Gasteiger partial charge in [0.2, 0.25) is 15.9 Å². The number of carbonyl (C=O) groups excluding carboxylic acids is 1. The molecule has 5 atom stereocenters. The quantitative estimate of drug-likeness (QED) is 0.361. The predicted octanol–water partition coefficient (Wildman–Crippen LogP) is 5.30. The third-order valence-corrected chi connectivity index (χ3v) is 9.98. The van der Waals surface area contributed by atoms with Gasteiger partial charge in [0, 0.05) is 28.0 Å². The van der Waals surface area contributed by atoms with Crippen molar-refractivity contribution in [2.24, 2.45) is 11.3 Å². The predicted molar refractivity (Wildman–Crippen MR) is 144 cm³/mol. The molecule has 1 saturated carbocycles. The van der Waals surface area contributed by atoms with Gasteiger partial charge in [-0.2, -0.15) is 0 Å². The number of rotatable bonds is 10. The average Bonchev–Trinajstić information content (AvgIpc) is 3.66. The van der Waals surface area contributed by atoms with E-state index in [2.05, 4.69) is 10.0 Å². The topological polar surface area (TPSA) is 113 Å². The fourth-order valence-electron chi connectivity index (χ4n) is 5.36. The molecule has 1 aliphatic heterocycles. The zero-order valence-corrected chi connectivity index (χ0v) is 23.1. The number of amides is 1. The first-order chi connectivity index (χ1) is 17.4. The van der Waals surface area contributed by atoms with Crippen LogP contribution in [0.3, 0.4) is 0 Å². The number of aliphatic carboxylic acids is 1. The first-order valence-electron chi connectivity index (χ1n) is 12.4. The van der Waals surface area contributed by atoms with E-state index in [1.165, 1.54) is 0 Å². The highest BCUT2D eigenvalue weighted by molar-refractivity contribution is 7.90. The number of hydrogen-bond acceptors (Lipinski definition) is 4. The van der Waals surface area contributed by atoms with Crippen LogP contribution >= 0.6 is 23.2 Å². The summed E-state index contributed by atoms with van der Waals surface area (Å²) < 4.78 is 28.7. The van der Waals surface area contributed by atoms with Gasteiger partial charge in [0.25, 0.3) is 0 Å². The van der Waals surface area contributed by atoms with Crippen LogP contribution in [0.4, 0.5) is 0 Å². The molecule has 5 unspecified atom stereocenters. The molecule has 200 valence electrons. The standard InChI is InChI=1S/C27H32Cl2N2O5S/c1-16(12-23(17-6-8-19(28)9-7-17)31-37(35,36)21-10-11-21)25-22(18-4-3-5-20(29)13-18)14-27(2,15-24(32)33)26(34)30-25/h3-9,13,16,21-23,25,31H,10-12,14-15H2,1-2H3,(H,30,34)(H,32,33). The third-order valence-electron chi connectivity index (χ3n) is 7.53. The Morgan fingerprint density at radius 3 is 2.43 bits per heavy atom. The van der Waals surface area contributed by atoms with E-state index in [-0.39, 0.29) is 35.5 Å². The van der Waals surface area contributed by atoms with Crippen LogP contribution in [0, 0.1) is 11.3 Å². The van der Waals surface area contributed by atoms with Crippen molar-refractivity contribution >= 4 is 45.1 Å². The van der Waals surface area contributed by atoms with Crippen molar-refractivity contribution in [2.45, 2.75) is 69.2 Å². The van der Waals surface area contributed by atoms with Crippen molar-refractivity contribution in [3.05, 3.63) is 69.7 Å². The second kappa shape index (κ2) is 10.9. The molecule has 1 amide bonds. The number of carboxylic acids is 1. The molecule has 10 heteroatoms. The number of benzene rings is 2. The summed E-state index contributed by atoms with van der Waals surface area (Å²) in [5.74, 6) is -1.72. The van der Waals surface area contributed by atoms with Gasteiger partial charge in [-0.25, -0.2) is 13.1 Å². The van der Waals surface area contributed by atoms with Crippen molar-refractivity contribution < 1.29 is 23.1 Å². The summed E-state index contributed by atoms with van der Waals surface area (Å²) in [6, 6.07) is 13.6. The van der Waals surface area contributed by atoms with E-state index >= 15 is 0 Å². The molecule has 0 aromatic heterocycles. The Morgan fingerprint density at radius 2 is 1.84 bits per heavy atom. The molecular formula is C27H32Cl2N2O5S. The molecule has 1 aliphatic carbocycles. The van der Waals surface area contributed by atoms with Gasteiger partial charge < -0.3 is 10.4 Å². The first-order valence-corrected chi connectivity index (χ1v) is 14.7. The molecule has 1 saturated heterocycles. The highest BCUT2D eigenvalue weighted by Crippen LogP contribution is 2.44. The van der Waals surface area contributed by atoms with Gasteiger partial charge in [-0.3, -0.25) is 9.59 Å². The number of carboxylic acid groups (broad SMARTS) is 1. The fraction of sp³-hybridized carbons (Fsp3) is 0.481. The molecule has 37 heavy (non-hydrogen) atoms. The highest BCUT2D eigenvalue weighted by atomic mass is 35.5. The Kier molecular flexibility index (Phi) is 8.24. The van der Waals surface area contributed by atoms with Gasteiger partial charge in [0.05, 0.1) is 17.1 Å². The third kappa shape index (κ3) is 6.66. The summed E-state index contributed by atoms with van der Waals surface area (Å²) in [6.07, 6.45) is 1.77. The summed E-state index contributed by atoms with van der Waals surface area (Å²) in [6.45, 7) is 3.66. The molecule has 4 rings (SSSR count). The Hall–Kier alpha value is -2.13. The lowest BCUT2D eigenvalue weighted by atomic mass is 9.67. The van der Waals surface area contributed by atoms with E-state index < -0.39 is 27.4 Å². The van der Waals surface area contributed by atoms with E-state index in [0.717, 1.165) is 11.1 Å². The van der Waals surface area contributed by atoms with E-state index in [0.29, 0.717) is 35.7 Å². The minimum absolute atomic E-state index is 0.162. The molecule has 0 radical (unpaired) electrons. The van der Waals surface area contributed by atoms with Crippen molar-refractivity contribution in [1.82, 2.24) is 10.0 Å². The second-order valence-electron chi connectivity index (χ2n) is 10.7. The summed E-state index contributed by atoms with van der Waals surface area (Å²) in [7, 11) is -3.49. The lowest BCUT2D eigenvalue weighted by Gasteiger charge is -2.45. The normalized spacial score (nSPS) is 25.8. The maximum absolute atomic E-state index is 13.2. The Morgan fingerprint density at radius 1 is 1.16 bits per heavy atom. The lowest BCUT2D eigenvalue weighted by molar-refractivity contribution is -0.147. The van der Waals surface area contributed by atoms with Gasteiger partial charge in [-0.05, 0) is 67.0 Å². The molecule has 3 N–H and O–H groups in total. The number of hydrogen-bond donors (Lipinski definition) is 3. The Labute approximate surface area is 228 Å². The lowest BCUT2D eigenvalue weighted by Crippen LogP contribution is -2.56. The van der Waals surface area contributed by atoms with E-state index in [9.17, 15) is 23.1 Å². The van der Waals surface area contributed by atoms with Crippen LogP contribution in [-0.4, -0.2) is 36.7 Å². The molecule has 7 nitrogen and oxygen atoms in total. The van der Waals surface area contributed by atoms with Crippen LogP contribution in [0.2, 0.25) is 10.0 Å². The molecule has 2 fully saturated rings. The van der Waals surface area contributed by atoms with Gasteiger partial charge in [0.1, 0.15) is 0 Å². The molecule has 2 aromatic carbocycles. The van der Waals surface area contributed by atoms with Crippen LogP contribution in [0.5, 0.6) is 0 Å². The maximum atomic E-state index is 13.2. The van der Waals surface area contributed by atoms with Crippen molar-refractivity contribution in [2.75, 3.05) is 0 Å². The summed E-state index contributed by atoms with van der Waals surface area (Å²) in [4.78, 5) is 24.8. The van der Waals surface area contributed by atoms with E-state index in [1.807, 2.05) is 37.3 Å². The Bertz CT molecular complexity index is 1270. The zero-order valence-electron chi connectivity index (χ0n) is 20.8. The van der Waals surface area contributed by atoms with Gasteiger partial charge in [-0.1, -0.05) is 61.3 Å². The van der Waals surface area contributed by atoms with Crippen LogP contribution in [0.25, 0.3) is 0 Å². The van der Waals surface area contributed by atoms with Crippen LogP contribution in [0.1, 0.15) is 69.0 Å². The molecule has 0 spiro atoms.